The zero-order valence-electron chi connectivity index (χ0n) is 13.0. The summed E-state index contributed by atoms with van der Waals surface area (Å²) < 4.78 is 5.07. The van der Waals surface area contributed by atoms with Crippen LogP contribution in [0.3, 0.4) is 0 Å². The first-order chi connectivity index (χ1) is 11.3. The maximum Gasteiger partial charge on any atom is 0.339 e. The summed E-state index contributed by atoms with van der Waals surface area (Å²) in [6.45, 7) is 3.09. The number of hydrogen-bond acceptors (Lipinski definition) is 6. The topological polar surface area (TPSA) is 119 Å². The van der Waals surface area contributed by atoms with Crippen molar-refractivity contribution in [2.45, 2.75) is 20.0 Å². The van der Waals surface area contributed by atoms with E-state index in [-0.39, 0.29) is 16.9 Å². The zero-order valence-corrected chi connectivity index (χ0v) is 13.8. The van der Waals surface area contributed by atoms with Crippen LogP contribution < -0.4 is 11.1 Å². The van der Waals surface area contributed by atoms with Crippen molar-refractivity contribution >= 4 is 34.1 Å². The van der Waals surface area contributed by atoms with Crippen LogP contribution in [0.15, 0.2) is 29.6 Å². The molecule has 0 aliphatic carbocycles. The van der Waals surface area contributed by atoms with Crippen molar-refractivity contribution < 1.29 is 24.2 Å². The lowest BCUT2D eigenvalue weighted by atomic mass is 10.1. The number of amides is 2. The molecule has 8 heteroatoms. The number of phenolic OH excluding ortho intramolecular Hbond substituents is 1. The fourth-order valence-electron chi connectivity index (χ4n) is 1.83. The molecule has 0 saturated carbocycles. The predicted molar refractivity (Wildman–Crippen MR) is 89.2 cm³/mol. The molecular formula is C16H16N2O5S. The van der Waals surface area contributed by atoms with Crippen LogP contribution >= 0.6 is 11.3 Å². The van der Waals surface area contributed by atoms with Gasteiger partial charge < -0.3 is 20.9 Å². The Hall–Kier alpha value is -2.87. The molecule has 2 amide bonds. The van der Waals surface area contributed by atoms with E-state index < -0.39 is 23.9 Å². The molecule has 0 bridgehead atoms. The highest BCUT2D eigenvalue weighted by Gasteiger charge is 2.21. The molecule has 1 heterocycles. The van der Waals surface area contributed by atoms with Crippen molar-refractivity contribution in [2.24, 2.45) is 5.73 Å². The van der Waals surface area contributed by atoms with Crippen molar-refractivity contribution in [3.05, 3.63) is 46.3 Å². The van der Waals surface area contributed by atoms with Crippen molar-refractivity contribution in [2.75, 3.05) is 5.32 Å². The van der Waals surface area contributed by atoms with E-state index in [4.69, 9.17) is 10.5 Å². The first-order valence-electron chi connectivity index (χ1n) is 6.98. The van der Waals surface area contributed by atoms with Gasteiger partial charge in [0, 0.05) is 0 Å². The molecule has 4 N–H and O–H groups in total. The quantitative estimate of drug-likeness (QED) is 0.715. The number of thiophene rings is 1. The van der Waals surface area contributed by atoms with E-state index in [1.807, 2.05) is 0 Å². The number of nitrogens with two attached hydrogens (primary N) is 1. The van der Waals surface area contributed by atoms with Crippen LogP contribution in [0.4, 0.5) is 5.00 Å². The van der Waals surface area contributed by atoms with Crippen LogP contribution in [-0.4, -0.2) is 29.0 Å². The van der Waals surface area contributed by atoms with E-state index in [1.54, 1.807) is 18.4 Å². The summed E-state index contributed by atoms with van der Waals surface area (Å²) in [6, 6.07) is 5.83. The number of carbonyl (C=O) groups excluding carboxylic acids is 3. The summed E-state index contributed by atoms with van der Waals surface area (Å²) in [4.78, 5) is 35.3. The van der Waals surface area contributed by atoms with Crippen LogP contribution in [0.2, 0.25) is 0 Å². The molecule has 2 aromatic rings. The predicted octanol–water partition coefficient (Wildman–Crippen LogP) is 2.05. The molecule has 0 spiro atoms. The van der Waals surface area contributed by atoms with Crippen LogP contribution in [0.1, 0.15) is 33.2 Å². The Morgan fingerprint density at radius 2 is 2.00 bits per heavy atom. The lowest BCUT2D eigenvalue weighted by Crippen LogP contribution is -2.30. The number of hydrogen-bond donors (Lipinski definition) is 3. The number of benzene rings is 1. The van der Waals surface area contributed by atoms with Gasteiger partial charge in [-0.05, 0) is 43.0 Å². The van der Waals surface area contributed by atoms with Gasteiger partial charge in [-0.3, -0.25) is 9.59 Å². The number of ether oxygens (including phenoxy) is 1. The van der Waals surface area contributed by atoms with Crippen molar-refractivity contribution in [1.82, 2.24) is 0 Å². The minimum Gasteiger partial charge on any atom is -0.508 e. The number of primary amides is 1. The summed E-state index contributed by atoms with van der Waals surface area (Å²) in [5, 5.41) is 14.0. The SMILES string of the molecule is Cc1ccc(C(=O)O[C@@H](C)C(=O)Nc2sccc2C(N)=O)cc1O. The molecule has 0 aliphatic heterocycles. The summed E-state index contributed by atoms with van der Waals surface area (Å²) in [6.07, 6.45) is -1.09. The lowest BCUT2D eigenvalue weighted by molar-refractivity contribution is -0.123. The van der Waals surface area contributed by atoms with E-state index in [0.29, 0.717) is 10.6 Å². The number of anilines is 1. The summed E-state index contributed by atoms with van der Waals surface area (Å²) in [5.74, 6) is -2.03. The maximum atomic E-state index is 12.1. The molecule has 0 unspecified atom stereocenters. The number of aromatic hydroxyl groups is 1. The van der Waals surface area contributed by atoms with Crippen LogP contribution in [0.5, 0.6) is 5.75 Å². The first-order valence-corrected chi connectivity index (χ1v) is 7.86. The van der Waals surface area contributed by atoms with Gasteiger partial charge in [-0.2, -0.15) is 0 Å². The Labute approximate surface area is 142 Å². The standard InChI is InChI=1S/C16H16N2O5S/c1-8-3-4-10(7-12(8)19)16(22)23-9(2)14(21)18-15-11(13(17)20)5-6-24-15/h3-7,9,19H,1-2H3,(H2,17,20)(H,18,21)/t9-/m0/s1. The van der Waals surface area contributed by atoms with E-state index in [0.717, 1.165) is 11.3 Å². The third-order valence-corrected chi connectivity index (χ3v) is 4.10. The number of phenols is 1. The Morgan fingerprint density at radius 3 is 2.62 bits per heavy atom. The van der Waals surface area contributed by atoms with Gasteiger partial charge in [-0.25, -0.2) is 4.79 Å². The Bertz CT molecular complexity index is 800. The largest absolute Gasteiger partial charge is 0.508 e. The molecule has 126 valence electrons. The zero-order chi connectivity index (χ0) is 17.9. The highest BCUT2D eigenvalue weighted by Crippen LogP contribution is 2.23. The monoisotopic (exact) mass is 348 g/mol. The molecular weight excluding hydrogens is 332 g/mol. The van der Waals surface area contributed by atoms with Gasteiger partial charge in [0.15, 0.2) is 6.10 Å². The number of aryl methyl sites for hydroxylation is 1. The van der Waals surface area contributed by atoms with E-state index >= 15 is 0 Å². The van der Waals surface area contributed by atoms with Gasteiger partial charge in [0.25, 0.3) is 11.8 Å². The molecule has 1 atom stereocenters. The number of carbonyl (C=O) groups is 3. The third-order valence-electron chi connectivity index (χ3n) is 3.27. The van der Waals surface area contributed by atoms with Crippen LogP contribution in [0.25, 0.3) is 0 Å². The van der Waals surface area contributed by atoms with Crippen molar-refractivity contribution in [1.29, 1.82) is 0 Å². The summed E-state index contributed by atoms with van der Waals surface area (Å²) in [7, 11) is 0. The average Bonchev–Trinajstić information content (AvgIpc) is 2.98. The second-order valence-corrected chi connectivity index (χ2v) is 5.98. The van der Waals surface area contributed by atoms with Gasteiger partial charge in [0.05, 0.1) is 11.1 Å². The Balaban J connectivity index is 2.03. The molecule has 24 heavy (non-hydrogen) atoms. The van der Waals surface area contributed by atoms with Gasteiger partial charge >= 0.3 is 5.97 Å². The molecule has 0 aliphatic rings. The maximum absolute atomic E-state index is 12.1. The molecule has 0 radical (unpaired) electrons. The van der Waals surface area contributed by atoms with Crippen molar-refractivity contribution in [3.8, 4) is 5.75 Å². The van der Waals surface area contributed by atoms with Gasteiger partial charge in [0.1, 0.15) is 10.8 Å². The number of rotatable bonds is 5. The molecule has 0 fully saturated rings. The van der Waals surface area contributed by atoms with E-state index in [1.165, 1.54) is 25.1 Å². The lowest BCUT2D eigenvalue weighted by Gasteiger charge is -2.13. The Kier molecular flexibility index (Phi) is 5.20. The minimum atomic E-state index is -1.09. The van der Waals surface area contributed by atoms with E-state index in [9.17, 15) is 19.5 Å². The van der Waals surface area contributed by atoms with Gasteiger partial charge in [0.2, 0.25) is 0 Å². The molecule has 1 aromatic carbocycles. The second kappa shape index (κ2) is 7.14. The average molecular weight is 348 g/mol. The Morgan fingerprint density at radius 1 is 1.29 bits per heavy atom. The molecule has 0 saturated heterocycles. The fraction of sp³-hybridized carbons (Fsp3) is 0.188. The number of nitrogens with one attached hydrogen (secondary N) is 1. The normalized spacial score (nSPS) is 11.6. The highest BCUT2D eigenvalue weighted by molar-refractivity contribution is 7.14. The van der Waals surface area contributed by atoms with Gasteiger partial charge in [-0.15, -0.1) is 11.3 Å². The fourth-order valence-corrected chi connectivity index (χ4v) is 2.63. The van der Waals surface area contributed by atoms with Crippen molar-refractivity contribution in [3.63, 3.8) is 0 Å². The third kappa shape index (κ3) is 3.90. The highest BCUT2D eigenvalue weighted by atomic mass is 32.1. The smallest absolute Gasteiger partial charge is 0.339 e. The second-order valence-electron chi connectivity index (χ2n) is 5.07. The molecule has 1 aromatic heterocycles. The van der Waals surface area contributed by atoms with Gasteiger partial charge in [-0.1, -0.05) is 6.07 Å². The van der Waals surface area contributed by atoms with Crippen LogP contribution in [-0.2, 0) is 9.53 Å². The molecule has 2 rings (SSSR count). The summed E-state index contributed by atoms with van der Waals surface area (Å²) >= 11 is 1.14. The minimum absolute atomic E-state index is 0.0359. The number of esters is 1. The van der Waals surface area contributed by atoms with Crippen LogP contribution in [0, 0.1) is 6.92 Å². The summed E-state index contributed by atoms with van der Waals surface area (Å²) in [5.41, 5.74) is 6.14. The van der Waals surface area contributed by atoms with E-state index in [2.05, 4.69) is 5.32 Å². The first kappa shape index (κ1) is 17.5. The molecule has 7 nitrogen and oxygen atoms in total.